The summed E-state index contributed by atoms with van der Waals surface area (Å²) in [7, 11) is 1.67. The molecule has 0 amide bonds. The average molecular weight is 259 g/mol. The summed E-state index contributed by atoms with van der Waals surface area (Å²) < 4.78 is 45.3. The molecule has 1 saturated heterocycles. The van der Waals surface area contributed by atoms with Gasteiger partial charge in [0.25, 0.3) is 0 Å². The van der Waals surface area contributed by atoms with E-state index in [9.17, 15) is 13.2 Å². The van der Waals surface area contributed by atoms with Crippen molar-refractivity contribution < 1.29 is 17.9 Å². The smallest absolute Gasteiger partial charge is 0.161 e. The van der Waals surface area contributed by atoms with Crippen LogP contribution in [-0.4, -0.2) is 19.8 Å². The number of benzene rings is 1. The predicted molar refractivity (Wildman–Crippen MR) is 61.6 cm³/mol. The van der Waals surface area contributed by atoms with Crippen LogP contribution in [0.4, 0.5) is 13.2 Å². The van der Waals surface area contributed by atoms with Crippen LogP contribution in [0, 0.1) is 23.4 Å². The van der Waals surface area contributed by atoms with Crippen LogP contribution < -0.4 is 5.32 Å². The minimum Gasteiger partial charge on any atom is -0.378 e. The van der Waals surface area contributed by atoms with Crippen LogP contribution in [0.15, 0.2) is 12.1 Å². The Labute approximate surface area is 104 Å². The zero-order valence-electron chi connectivity index (χ0n) is 10.3. The van der Waals surface area contributed by atoms with Gasteiger partial charge in [-0.05, 0) is 26.5 Å². The predicted octanol–water partition coefficient (Wildman–Crippen LogP) is 2.79. The van der Waals surface area contributed by atoms with Gasteiger partial charge in [0.2, 0.25) is 0 Å². The van der Waals surface area contributed by atoms with Gasteiger partial charge in [-0.2, -0.15) is 0 Å². The molecule has 1 aliphatic rings. The fraction of sp³-hybridized carbons (Fsp3) is 0.538. The lowest BCUT2D eigenvalue weighted by Gasteiger charge is -2.23. The molecule has 1 aromatic carbocycles. The maximum Gasteiger partial charge on any atom is 0.161 e. The minimum atomic E-state index is -1.16. The fourth-order valence-electron chi connectivity index (χ4n) is 2.50. The summed E-state index contributed by atoms with van der Waals surface area (Å²) in [5.41, 5.74) is 0.152. The second kappa shape index (κ2) is 5.28. The molecule has 0 aliphatic carbocycles. The third kappa shape index (κ3) is 2.52. The van der Waals surface area contributed by atoms with E-state index in [0.717, 1.165) is 12.5 Å². The number of rotatable bonds is 3. The molecule has 1 N–H and O–H groups in total. The summed E-state index contributed by atoms with van der Waals surface area (Å²) in [6.45, 7) is 2.43. The average Bonchev–Trinajstić information content (AvgIpc) is 2.73. The zero-order valence-corrected chi connectivity index (χ0v) is 10.3. The molecule has 5 heteroatoms. The molecule has 18 heavy (non-hydrogen) atoms. The summed E-state index contributed by atoms with van der Waals surface area (Å²) in [6.07, 6.45) is 0.878. The van der Waals surface area contributed by atoms with Gasteiger partial charge >= 0.3 is 0 Å². The largest absolute Gasteiger partial charge is 0.378 e. The van der Waals surface area contributed by atoms with Gasteiger partial charge in [0.15, 0.2) is 11.6 Å². The molecule has 100 valence electrons. The van der Waals surface area contributed by atoms with E-state index in [4.69, 9.17) is 4.74 Å². The molecular weight excluding hydrogens is 243 g/mol. The molecule has 0 saturated carbocycles. The van der Waals surface area contributed by atoms with Crippen LogP contribution in [0.25, 0.3) is 0 Å². The van der Waals surface area contributed by atoms with Gasteiger partial charge in [0.1, 0.15) is 5.82 Å². The van der Waals surface area contributed by atoms with Crippen LogP contribution in [0.5, 0.6) is 0 Å². The van der Waals surface area contributed by atoms with Crippen LogP contribution in [0.2, 0.25) is 0 Å². The quantitative estimate of drug-likeness (QED) is 0.843. The molecule has 1 fully saturated rings. The van der Waals surface area contributed by atoms with Crippen molar-refractivity contribution >= 4 is 0 Å². The van der Waals surface area contributed by atoms with Crippen molar-refractivity contribution in [2.24, 2.45) is 5.92 Å². The van der Waals surface area contributed by atoms with Gasteiger partial charge in [-0.1, -0.05) is 0 Å². The molecule has 1 aromatic rings. The molecule has 0 spiro atoms. The van der Waals surface area contributed by atoms with E-state index in [0.29, 0.717) is 12.7 Å². The molecule has 2 rings (SSSR count). The molecule has 1 heterocycles. The Kier molecular flexibility index (Phi) is 3.92. The van der Waals surface area contributed by atoms with Crippen LogP contribution in [-0.2, 0) is 4.74 Å². The first-order chi connectivity index (χ1) is 8.52. The van der Waals surface area contributed by atoms with Gasteiger partial charge in [-0.15, -0.1) is 0 Å². The normalized spacial score (nSPS) is 25.4. The molecule has 0 radical (unpaired) electrons. The fourth-order valence-corrected chi connectivity index (χ4v) is 2.50. The van der Waals surface area contributed by atoms with Gasteiger partial charge in [-0.3, -0.25) is 0 Å². The van der Waals surface area contributed by atoms with E-state index in [1.54, 1.807) is 7.05 Å². The molecule has 0 aromatic heterocycles. The van der Waals surface area contributed by atoms with Crippen molar-refractivity contribution in [2.75, 3.05) is 13.7 Å². The standard InChI is InChI=1S/C13H16F3NO/c1-7-3-8(6-18-7)13(17-2)9-4-11(15)12(16)5-10(9)14/h4-5,7-8,13,17H,3,6H2,1-2H3. The van der Waals surface area contributed by atoms with Crippen molar-refractivity contribution in [1.82, 2.24) is 5.32 Å². The van der Waals surface area contributed by atoms with E-state index >= 15 is 0 Å². The Morgan fingerprint density at radius 1 is 1.22 bits per heavy atom. The number of hydrogen-bond acceptors (Lipinski definition) is 2. The van der Waals surface area contributed by atoms with Crippen molar-refractivity contribution in [3.63, 3.8) is 0 Å². The van der Waals surface area contributed by atoms with Crippen molar-refractivity contribution in [3.8, 4) is 0 Å². The zero-order chi connectivity index (χ0) is 13.3. The van der Waals surface area contributed by atoms with Gasteiger partial charge in [-0.25, -0.2) is 13.2 Å². The molecule has 0 bridgehead atoms. The lowest BCUT2D eigenvalue weighted by molar-refractivity contribution is 0.117. The van der Waals surface area contributed by atoms with E-state index in [1.165, 1.54) is 0 Å². The Bertz CT molecular complexity index is 438. The number of hydrogen-bond donors (Lipinski definition) is 1. The molecule has 2 nitrogen and oxygen atoms in total. The Balaban J connectivity index is 2.30. The van der Waals surface area contributed by atoms with E-state index in [-0.39, 0.29) is 23.6 Å². The first kappa shape index (κ1) is 13.4. The summed E-state index contributed by atoms with van der Waals surface area (Å²) in [4.78, 5) is 0. The Morgan fingerprint density at radius 2 is 1.89 bits per heavy atom. The SMILES string of the molecule is CNC(c1cc(F)c(F)cc1F)C1COC(C)C1. The van der Waals surface area contributed by atoms with Crippen LogP contribution in [0.3, 0.4) is 0 Å². The topological polar surface area (TPSA) is 21.3 Å². The van der Waals surface area contributed by atoms with Crippen molar-refractivity contribution in [3.05, 3.63) is 35.1 Å². The third-order valence-corrected chi connectivity index (χ3v) is 3.39. The number of ether oxygens (including phenoxy) is 1. The molecular formula is C13H16F3NO. The first-order valence-corrected chi connectivity index (χ1v) is 5.96. The first-order valence-electron chi connectivity index (χ1n) is 5.96. The summed E-state index contributed by atoms with van der Waals surface area (Å²) in [5, 5.41) is 2.96. The van der Waals surface area contributed by atoms with Gasteiger partial charge in [0, 0.05) is 23.6 Å². The highest BCUT2D eigenvalue weighted by atomic mass is 19.2. The second-order valence-electron chi connectivity index (χ2n) is 4.69. The minimum absolute atomic E-state index is 0.0596. The summed E-state index contributed by atoms with van der Waals surface area (Å²) in [5.74, 6) is -2.86. The highest BCUT2D eigenvalue weighted by Gasteiger charge is 2.31. The highest BCUT2D eigenvalue weighted by Crippen LogP contribution is 2.33. The third-order valence-electron chi connectivity index (χ3n) is 3.39. The maximum atomic E-state index is 13.7. The summed E-state index contributed by atoms with van der Waals surface area (Å²) >= 11 is 0. The lowest BCUT2D eigenvalue weighted by atomic mass is 9.90. The van der Waals surface area contributed by atoms with E-state index in [1.807, 2.05) is 6.92 Å². The van der Waals surface area contributed by atoms with Crippen LogP contribution >= 0.6 is 0 Å². The lowest BCUT2D eigenvalue weighted by Crippen LogP contribution is -2.27. The Morgan fingerprint density at radius 3 is 2.44 bits per heavy atom. The van der Waals surface area contributed by atoms with Crippen molar-refractivity contribution in [1.29, 1.82) is 0 Å². The maximum absolute atomic E-state index is 13.7. The second-order valence-corrected chi connectivity index (χ2v) is 4.69. The number of halogens is 3. The van der Waals surface area contributed by atoms with E-state index in [2.05, 4.69) is 5.32 Å². The van der Waals surface area contributed by atoms with Crippen molar-refractivity contribution in [2.45, 2.75) is 25.5 Å². The summed E-state index contributed by atoms with van der Waals surface area (Å²) in [6, 6.07) is 1.15. The number of nitrogens with one attached hydrogen (secondary N) is 1. The van der Waals surface area contributed by atoms with E-state index < -0.39 is 17.5 Å². The molecule has 1 aliphatic heterocycles. The molecule has 3 unspecified atom stereocenters. The van der Waals surface area contributed by atoms with Gasteiger partial charge < -0.3 is 10.1 Å². The Hall–Kier alpha value is -1.07. The monoisotopic (exact) mass is 259 g/mol. The highest BCUT2D eigenvalue weighted by molar-refractivity contribution is 5.24. The van der Waals surface area contributed by atoms with Crippen LogP contribution in [0.1, 0.15) is 24.9 Å². The van der Waals surface area contributed by atoms with Gasteiger partial charge in [0.05, 0.1) is 12.7 Å². The molecule has 3 atom stereocenters.